The Balaban J connectivity index is 1.25. The SMILES string of the molecule is O=C(/C=C/c1ccc(O)cc1)OC[C@@H]1O[C@@H](OC2=Cc3c(O[C@@H]4O[C@@H](CO)[C@@H](O)[C@H](O)[C@H]4O)cc(O)cc3[OH+]C2c2ccc(O)c(O)c2)[C@H](O[C@@H]2O[C@H](CO)[C@@H](O)[C@H](O)[C@H]2O)[C@H](O)[C@@H]1O. The lowest BCUT2D eigenvalue weighted by atomic mass is 9.97. The van der Waals surface area contributed by atoms with Crippen LogP contribution in [0.5, 0.6) is 34.5 Å². The van der Waals surface area contributed by atoms with E-state index in [9.17, 15) is 76.3 Å². The van der Waals surface area contributed by atoms with E-state index < -0.39 is 141 Å². The monoisotopic (exact) mass is 921 g/mol. The zero-order valence-electron chi connectivity index (χ0n) is 33.8. The van der Waals surface area contributed by atoms with E-state index in [0.717, 1.165) is 24.3 Å². The molecule has 0 saturated carbocycles. The third-order valence-electron chi connectivity index (χ3n) is 11.1. The quantitative estimate of drug-likeness (QED) is 0.0350. The van der Waals surface area contributed by atoms with Crippen LogP contribution in [0, 0.1) is 0 Å². The molecule has 4 aliphatic rings. The van der Waals surface area contributed by atoms with Crippen molar-refractivity contribution in [2.24, 2.45) is 0 Å². The standard InChI is InChI=1S/C42H48O23/c43-13-26-30(50)33(53)36(56)40(62-26)60-24-11-19(46)10-23-20(24)12-25(38(59-23)17-4-7-21(47)22(48)9-17)61-42-39(65-41-37(57)34(54)31(51)27(14-44)63-41)35(55)32(52)28(64-42)15-58-29(49)8-3-16-1-5-18(45)6-2-16/h1-12,26-28,30-48,50-57H,13-15H2/p+1/b8-3+/t26-,27+,28-,30+,31+,32+,33-,34-,35+,36+,37+,38?,39+,40+,41-,42+/m0/s1. The van der Waals surface area contributed by atoms with Gasteiger partial charge in [0.1, 0.15) is 96.6 Å². The molecule has 0 aliphatic carbocycles. The molecule has 0 aromatic heterocycles. The highest BCUT2D eigenvalue weighted by Crippen LogP contribution is 2.47. The summed E-state index contributed by atoms with van der Waals surface area (Å²) in [5.74, 6) is -3.03. The summed E-state index contributed by atoms with van der Waals surface area (Å²) >= 11 is 0. The molecule has 65 heavy (non-hydrogen) atoms. The predicted octanol–water partition coefficient (Wildman–Crippen LogP) is -3.07. The maximum absolute atomic E-state index is 12.8. The van der Waals surface area contributed by atoms with Gasteiger partial charge in [0, 0.05) is 18.2 Å². The number of hydrogen-bond donors (Lipinski definition) is 14. The average molecular weight is 922 g/mol. The Morgan fingerprint density at radius 2 is 1.25 bits per heavy atom. The van der Waals surface area contributed by atoms with E-state index in [-0.39, 0.29) is 34.1 Å². The summed E-state index contributed by atoms with van der Waals surface area (Å²) in [6, 6.07) is 11.7. The van der Waals surface area contributed by atoms with Crippen LogP contribution >= 0.6 is 0 Å². The molecule has 0 amide bonds. The zero-order chi connectivity index (χ0) is 46.9. The van der Waals surface area contributed by atoms with E-state index in [1.54, 1.807) is 0 Å². The number of aliphatic hydroxyl groups is 11. The van der Waals surface area contributed by atoms with Crippen molar-refractivity contribution in [3.63, 3.8) is 0 Å². The number of aromatic hydroxyl groups is 5. The number of fused-ring (bicyclic) bond motifs is 1. The molecule has 1 unspecified atom stereocenters. The molecule has 16 atom stereocenters. The molecule has 0 bridgehead atoms. The molecule has 354 valence electrons. The minimum absolute atomic E-state index is 0.00660. The summed E-state index contributed by atoms with van der Waals surface area (Å²) < 4.78 is 45.2. The Labute approximate surface area is 367 Å². The second-order valence-corrected chi connectivity index (χ2v) is 15.5. The van der Waals surface area contributed by atoms with Gasteiger partial charge in [-0.05, 0) is 42.0 Å². The molecule has 3 saturated heterocycles. The fraction of sp³-hybridized carbons (Fsp3) is 0.452. The van der Waals surface area contributed by atoms with Gasteiger partial charge in [0.15, 0.2) is 29.7 Å². The van der Waals surface area contributed by atoms with Gasteiger partial charge in [-0.2, -0.15) is 0 Å². The van der Waals surface area contributed by atoms with Crippen LogP contribution in [-0.2, 0) is 33.2 Å². The summed E-state index contributed by atoms with van der Waals surface area (Å²) in [5.41, 5.74) is 0.639. The molecule has 23 nitrogen and oxygen atoms in total. The van der Waals surface area contributed by atoms with Crippen molar-refractivity contribution in [2.75, 3.05) is 19.8 Å². The first-order valence-corrected chi connectivity index (χ1v) is 20.0. The summed E-state index contributed by atoms with van der Waals surface area (Å²) in [6.45, 7) is -2.37. The summed E-state index contributed by atoms with van der Waals surface area (Å²) in [5, 5.41) is 147. The first-order chi connectivity index (χ1) is 31.0. The second-order valence-electron chi connectivity index (χ2n) is 15.5. The molecule has 7 rings (SSSR count). The largest absolute Gasteiger partial charge is 0.571 e. The summed E-state index contributed by atoms with van der Waals surface area (Å²) in [7, 11) is 0. The topological polar surface area (TPSA) is 378 Å². The van der Waals surface area contributed by atoms with Gasteiger partial charge >= 0.3 is 5.97 Å². The molecule has 3 fully saturated rings. The molecule has 3 aromatic rings. The van der Waals surface area contributed by atoms with Gasteiger partial charge in [-0.1, -0.05) is 12.1 Å². The predicted molar refractivity (Wildman–Crippen MR) is 213 cm³/mol. The van der Waals surface area contributed by atoms with E-state index in [1.807, 2.05) is 0 Å². The zero-order valence-corrected chi connectivity index (χ0v) is 33.8. The highest BCUT2D eigenvalue weighted by Gasteiger charge is 2.53. The first kappa shape index (κ1) is 47.6. The number of phenols is 4. The third kappa shape index (κ3) is 10.2. The van der Waals surface area contributed by atoms with Gasteiger partial charge < -0.3 is 109 Å². The Hall–Kier alpha value is -5.35. The van der Waals surface area contributed by atoms with Crippen molar-refractivity contribution < 1.29 is 114 Å². The van der Waals surface area contributed by atoms with Gasteiger partial charge in [-0.25, -0.2) is 4.79 Å². The Bertz CT molecular complexity index is 2180. The Morgan fingerprint density at radius 3 is 1.89 bits per heavy atom. The molecular weight excluding hydrogens is 872 g/mol. The summed E-state index contributed by atoms with van der Waals surface area (Å²) in [6.07, 6.45) is -24.9. The van der Waals surface area contributed by atoms with E-state index >= 15 is 0 Å². The molecular formula is C42H49O23+. The highest BCUT2D eigenvalue weighted by molar-refractivity contribution is 5.87. The fourth-order valence-electron chi connectivity index (χ4n) is 7.42. The van der Waals surface area contributed by atoms with E-state index in [0.29, 0.717) is 5.56 Å². The number of carbonyl (C=O) groups is 1. The molecule has 0 spiro atoms. The van der Waals surface area contributed by atoms with Crippen molar-refractivity contribution in [3.8, 4) is 34.5 Å². The highest BCUT2D eigenvalue weighted by atomic mass is 16.8. The maximum atomic E-state index is 12.8. The van der Waals surface area contributed by atoms with Crippen molar-refractivity contribution in [3.05, 3.63) is 83.1 Å². The van der Waals surface area contributed by atoms with Gasteiger partial charge in [-0.15, -0.1) is 0 Å². The van der Waals surface area contributed by atoms with Crippen LogP contribution in [0.25, 0.3) is 12.2 Å². The number of carbonyl (C=O) groups excluding carboxylic acids is 1. The molecule has 4 aliphatic heterocycles. The normalized spacial score (nSPS) is 34.8. The van der Waals surface area contributed by atoms with E-state index in [4.69, 9.17) is 33.2 Å². The van der Waals surface area contributed by atoms with Crippen LogP contribution in [0.2, 0.25) is 0 Å². The lowest BCUT2D eigenvalue weighted by molar-refractivity contribution is -0.364. The van der Waals surface area contributed by atoms with Crippen LogP contribution in [0.15, 0.2) is 66.4 Å². The van der Waals surface area contributed by atoms with Crippen molar-refractivity contribution in [1.82, 2.24) is 0 Å². The molecule has 23 heteroatoms. The number of hydrogen-bond acceptors (Lipinski definition) is 22. The number of benzene rings is 3. The van der Waals surface area contributed by atoms with Crippen LogP contribution in [0.4, 0.5) is 0 Å². The second kappa shape index (κ2) is 20.0. The minimum Gasteiger partial charge on any atom is -0.571 e. The average Bonchev–Trinajstić information content (AvgIpc) is 3.29. The van der Waals surface area contributed by atoms with Crippen molar-refractivity contribution >= 4 is 18.1 Å². The van der Waals surface area contributed by atoms with Crippen LogP contribution < -0.4 is 4.74 Å². The minimum atomic E-state index is -2.05. The molecule has 15 N–H and O–H groups in total. The first-order valence-electron chi connectivity index (χ1n) is 20.0. The fourth-order valence-corrected chi connectivity index (χ4v) is 7.42. The lowest BCUT2D eigenvalue weighted by Gasteiger charge is -2.46. The smallest absolute Gasteiger partial charge is 0.330 e. The van der Waals surface area contributed by atoms with E-state index in [1.165, 1.54) is 48.6 Å². The van der Waals surface area contributed by atoms with Crippen LogP contribution in [0.1, 0.15) is 22.8 Å². The Kier molecular flexibility index (Phi) is 14.7. The van der Waals surface area contributed by atoms with Gasteiger partial charge in [0.2, 0.25) is 12.6 Å². The van der Waals surface area contributed by atoms with Gasteiger partial charge in [0.05, 0.1) is 24.8 Å². The number of ether oxygens (including phenoxy) is 8. The number of phenolic OH excluding ortho intramolecular Hbond substituents is 4. The van der Waals surface area contributed by atoms with Crippen LogP contribution in [-0.4, -0.2) is 194 Å². The number of esters is 1. The van der Waals surface area contributed by atoms with Gasteiger partial charge in [0.25, 0.3) is 11.9 Å². The van der Waals surface area contributed by atoms with Gasteiger partial charge in [-0.3, -0.25) is 0 Å². The lowest BCUT2D eigenvalue weighted by Crippen LogP contribution is -2.64. The number of rotatable bonds is 13. The summed E-state index contributed by atoms with van der Waals surface area (Å²) in [4.78, 5) is 12.8. The van der Waals surface area contributed by atoms with Crippen molar-refractivity contribution in [1.29, 1.82) is 0 Å². The Morgan fingerprint density at radius 1 is 0.631 bits per heavy atom. The third-order valence-corrected chi connectivity index (χ3v) is 11.1. The van der Waals surface area contributed by atoms with Crippen LogP contribution in [0.3, 0.4) is 0 Å². The van der Waals surface area contributed by atoms with E-state index in [2.05, 4.69) is 4.74 Å². The van der Waals surface area contributed by atoms with Crippen molar-refractivity contribution in [2.45, 2.75) is 98.2 Å². The number of aliphatic hydroxyl groups excluding tert-OH is 10. The molecule has 0 radical (unpaired) electrons. The molecule has 3 aromatic carbocycles. The maximum Gasteiger partial charge on any atom is 0.330 e. The molecule has 4 heterocycles.